The first-order valence-corrected chi connectivity index (χ1v) is 5.89. The average Bonchev–Trinajstić information content (AvgIpc) is 2.47. The van der Waals surface area contributed by atoms with Gasteiger partial charge in [-0.05, 0) is 12.8 Å². The Balaban J connectivity index is 2.09. The molecule has 15 heavy (non-hydrogen) atoms. The molecule has 0 radical (unpaired) electrons. The van der Waals surface area contributed by atoms with Gasteiger partial charge in [0.15, 0.2) is 0 Å². The molecule has 1 aliphatic heterocycles. The lowest BCUT2D eigenvalue weighted by atomic mass is 10.3. The number of hydrogen-bond donors (Lipinski definition) is 1. The maximum atomic E-state index is 9.71. The Morgan fingerprint density at radius 1 is 1.40 bits per heavy atom. The summed E-state index contributed by atoms with van der Waals surface area (Å²) in [5, 5.41) is 9.71. The minimum Gasteiger partial charge on any atom is -0.389 e. The van der Waals surface area contributed by atoms with E-state index < -0.39 is 0 Å². The first-order valence-electron chi connectivity index (χ1n) is 5.89. The van der Waals surface area contributed by atoms with Crippen LogP contribution in [0.3, 0.4) is 0 Å². The van der Waals surface area contributed by atoms with Crippen LogP contribution in [0.5, 0.6) is 0 Å². The van der Waals surface area contributed by atoms with Gasteiger partial charge in [-0.1, -0.05) is 6.92 Å². The molecular formula is C11H23NO3. The Hall–Kier alpha value is -0.160. The molecule has 0 aliphatic carbocycles. The highest BCUT2D eigenvalue weighted by Gasteiger charge is 2.13. The second-order valence-corrected chi connectivity index (χ2v) is 4.00. The van der Waals surface area contributed by atoms with Crippen LogP contribution in [-0.4, -0.2) is 62.2 Å². The molecule has 4 heteroatoms. The number of ether oxygens (including phenoxy) is 2. The van der Waals surface area contributed by atoms with Gasteiger partial charge in [-0.15, -0.1) is 0 Å². The van der Waals surface area contributed by atoms with Crippen molar-refractivity contribution in [3.8, 4) is 0 Å². The number of rotatable bonds is 6. The van der Waals surface area contributed by atoms with Crippen molar-refractivity contribution in [3.63, 3.8) is 0 Å². The fourth-order valence-electron chi connectivity index (χ4n) is 1.69. The van der Waals surface area contributed by atoms with Crippen molar-refractivity contribution < 1.29 is 14.6 Å². The molecule has 0 amide bonds. The summed E-state index contributed by atoms with van der Waals surface area (Å²) in [5.41, 5.74) is 0. The van der Waals surface area contributed by atoms with Gasteiger partial charge in [0.1, 0.15) is 0 Å². The van der Waals surface area contributed by atoms with E-state index in [2.05, 4.69) is 11.8 Å². The smallest absolute Gasteiger partial charge is 0.0900 e. The minimum atomic E-state index is -0.366. The molecule has 1 aliphatic rings. The van der Waals surface area contributed by atoms with E-state index in [0.717, 1.165) is 45.8 Å². The molecule has 0 aromatic carbocycles. The van der Waals surface area contributed by atoms with E-state index >= 15 is 0 Å². The van der Waals surface area contributed by atoms with Gasteiger partial charge >= 0.3 is 0 Å². The number of aliphatic hydroxyl groups is 1. The van der Waals surface area contributed by atoms with Crippen LogP contribution in [0, 0.1) is 0 Å². The van der Waals surface area contributed by atoms with Crippen molar-refractivity contribution >= 4 is 0 Å². The predicted octanol–water partition coefficient (Wildman–Crippen LogP) is 0.496. The summed E-state index contributed by atoms with van der Waals surface area (Å²) in [6.07, 6.45) is 1.70. The zero-order chi connectivity index (χ0) is 10.9. The lowest BCUT2D eigenvalue weighted by Gasteiger charge is -2.22. The van der Waals surface area contributed by atoms with Crippen molar-refractivity contribution in [2.45, 2.75) is 25.9 Å². The van der Waals surface area contributed by atoms with Gasteiger partial charge in [0, 0.05) is 32.8 Å². The van der Waals surface area contributed by atoms with Crippen LogP contribution >= 0.6 is 0 Å². The van der Waals surface area contributed by atoms with Crippen LogP contribution in [0.4, 0.5) is 0 Å². The lowest BCUT2D eigenvalue weighted by molar-refractivity contribution is 0.0165. The Labute approximate surface area is 92.2 Å². The van der Waals surface area contributed by atoms with E-state index in [1.165, 1.54) is 0 Å². The lowest BCUT2D eigenvalue weighted by Crippen LogP contribution is -2.36. The predicted molar refractivity (Wildman–Crippen MR) is 59.0 cm³/mol. The van der Waals surface area contributed by atoms with Gasteiger partial charge in [-0.25, -0.2) is 0 Å². The molecule has 0 saturated carbocycles. The summed E-state index contributed by atoms with van der Waals surface area (Å²) >= 11 is 0. The quantitative estimate of drug-likeness (QED) is 0.658. The highest BCUT2D eigenvalue weighted by Crippen LogP contribution is 2.00. The van der Waals surface area contributed by atoms with Crippen LogP contribution in [-0.2, 0) is 9.47 Å². The van der Waals surface area contributed by atoms with E-state index in [0.29, 0.717) is 13.2 Å². The highest BCUT2D eigenvalue weighted by atomic mass is 16.5. The Morgan fingerprint density at radius 3 is 3.07 bits per heavy atom. The van der Waals surface area contributed by atoms with Crippen molar-refractivity contribution in [1.82, 2.24) is 4.90 Å². The van der Waals surface area contributed by atoms with Crippen molar-refractivity contribution in [2.75, 3.05) is 46.1 Å². The summed E-state index contributed by atoms with van der Waals surface area (Å²) in [6.45, 7) is 7.52. The molecule has 1 N–H and O–H groups in total. The Kier molecular flexibility index (Phi) is 6.92. The van der Waals surface area contributed by atoms with Crippen molar-refractivity contribution in [2.24, 2.45) is 0 Å². The van der Waals surface area contributed by atoms with Crippen LogP contribution in [0.25, 0.3) is 0 Å². The number of hydrogen-bond acceptors (Lipinski definition) is 4. The van der Waals surface area contributed by atoms with Crippen LogP contribution in [0.2, 0.25) is 0 Å². The first kappa shape index (κ1) is 12.9. The fourth-order valence-corrected chi connectivity index (χ4v) is 1.69. The van der Waals surface area contributed by atoms with E-state index in [9.17, 15) is 5.11 Å². The molecule has 0 spiro atoms. The molecule has 1 rings (SSSR count). The second-order valence-electron chi connectivity index (χ2n) is 4.00. The van der Waals surface area contributed by atoms with Crippen molar-refractivity contribution in [1.29, 1.82) is 0 Å². The maximum absolute atomic E-state index is 9.71. The van der Waals surface area contributed by atoms with E-state index in [1.807, 2.05) is 0 Å². The topological polar surface area (TPSA) is 41.9 Å². The molecule has 0 aromatic rings. The number of nitrogens with zero attached hydrogens (tertiary/aromatic N) is 1. The van der Waals surface area contributed by atoms with Gasteiger partial charge in [-0.3, -0.25) is 4.90 Å². The van der Waals surface area contributed by atoms with Gasteiger partial charge in [0.05, 0.1) is 19.3 Å². The number of aliphatic hydroxyl groups excluding tert-OH is 1. The zero-order valence-corrected chi connectivity index (χ0v) is 9.65. The number of β-amino-alcohol motifs (C(OH)–C–C–N with tert-alkyl or cyclic N) is 1. The van der Waals surface area contributed by atoms with E-state index in [4.69, 9.17) is 9.47 Å². The molecule has 1 fully saturated rings. The van der Waals surface area contributed by atoms with Gasteiger partial charge < -0.3 is 14.6 Å². The third-order valence-electron chi connectivity index (χ3n) is 2.44. The monoisotopic (exact) mass is 217 g/mol. The molecule has 1 saturated heterocycles. The largest absolute Gasteiger partial charge is 0.389 e. The molecule has 1 heterocycles. The molecule has 90 valence electrons. The average molecular weight is 217 g/mol. The van der Waals surface area contributed by atoms with Gasteiger partial charge in [0.25, 0.3) is 0 Å². The zero-order valence-electron chi connectivity index (χ0n) is 9.65. The molecule has 1 atom stereocenters. The van der Waals surface area contributed by atoms with E-state index in [-0.39, 0.29) is 6.10 Å². The molecular weight excluding hydrogens is 194 g/mol. The van der Waals surface area contributed by atoms with Gasteiger partial charge in [0.2, 0.25) is 0 Å². The molecule has 1 unspecified atom stereocenters. The standard InChI is InChI=1S/C11H23NO3/c1-2-6-15-10-11(13)9-12-4-3-7-14-8-5-12/h11,13H,2-10H2,1H3. The van der Waals surface area contributed by atoms with Crippen molar-refractivity contribution in [3.05, 3.63) is 0 Å². The van der Waals surface area contributed by atoms with Crippen LogP contribution in [0.1, 0.15) is 19.8 Å². The summed E-state index contributed by atoms with van der Waals surface area (Å²) < 4.78 is 10.7. The SMILES string of the molecule is CCCOCC(O)CN1CCCOCC1. The normalized spacial score (nSPS) is 21.2. The summed E-state index contributed by atoms with van der Waals surface area (Å²) in [5.74, 6) is 0. The minimum absolute atomic E-state index is 0.366. The maximum Gasteiger partial charge on any atom is 0.0900 e. The first-order chi connectivity index (χ1) is 7.33. The third kappa shape index (κ3) is 6.10. The van der Waals surface area contributed by atoms with Gasteiger partial charge in [-0.2, -0.15) is 0 Å². The highest BCUT2D eigenvalue weighted by molar-refractivity contribution is 4.66. The Morgan fingerprint density at radius 2 is 2.27 bits per heavy atom. The summed E-state index contributed by atoms with van der Waals surface area (Å²) in [6, 6.07) is 0. The second kappa shape index (κ2) is 8.05. The van der Waals surface area contributed by atoms with E-state index in [1.54, 1.807) is 0 Å². The fraction of sp³-hybridized carbons (Fsp3) is 1.00. The van der Waals surface area contributed by atoms with Crippen LogP contribution in [0.15, 0.2) is 0 Å². The Bertz CT molecular complexity index is 147. The summed E-state index contributed by atoms with van der Waals surface area (Å²) in [7, 11) is 0. The summed E-state index contributed by atoms with van der Waals surface area (Å²) in [4.78, 5) is 2.24. The molecule has 0 bridgehead atoms. The van der Waals surface area contributed by atoms with Crippen LogP contribution < -0.4 is 0 Å². The third-order valence-corrected chi connectivity index (χ3v) is 2.44. The molecule has 0 aromatic heterocycles. The molecule has 4 nitrogen and oxygen atoms in total.